The van der Waals surface area contributed by atoms with E-state index in [1.807, 2.05) is 38.1 Å². The molecular weight excluding hydrogens is 410 g/mol. The summed E-state index contributed by atoms with van der Waals surface area (Å²) in [7, 11) is 0. The van der Waals surface area contributed by atoms with E-state index in [2.05, 4.69) is 26.6 Å². The van der Waals surface area contributed by atoms with Crippen molar-refractivity contribution in [1.29, 1.82) is 0 Å². The van der Waals surface area contributed by atoms with Gasteiger partial charge < -0.3 is 10.6 Å². The summed E-state index contributed by atoms with van der Waals surface area (Å²) < 4.78 is 0.971. The van der Waals surface area contributed by atoms with Crippen LogP contribution in [0.15, 0.2) is 28.7 Å². The molecule has 3 atom stereocenters. The molecule has 1 aliphatic carbocycles. The van der Waals surface area contributed by atoms with E-state index in [0.29, 0.717) is 12.8 Å². The molecule has 7 heteroatoms. The molecule has 146 valence electrons. The standard InChI is InChI=1S/C20H26BrN3O3/c1-3-16(14-7-9-15(21)10-8-14)22-17(25)12-24-18(26)20(23-19(24)27)11-5-4-6-13(20)2/h7-10,13,16H,3-6,11-12H2,1-2H3,(H,22,25)(H,23,27)/t13-,16-,20+/m0/s1. The van der Waals surface area contributed by atoms with Gasteiger partial charge in [-0.3, -0.25) is 14.5 Å². The summed E-state index contributed by atoms with van der Waals surface area (Å²) in [5.74, 6) is -0.498. The van der Waals surface area contributed by atoms with Crippen molar-refractivity contribution in [3.63, 3.8) is 0 Å². The first-order valence-corrected chi connectivity index (χ1v) is 10.4. The molecule has 6 nitrogen and oxygen atoms in total. The minimum Gasteiger partial charge on any atom is -0.348 e. The average Bonchev–Trinajstić information content (AvgIpc) is 2.88. The van der Waals surface area contributed by atoms with Crippen LogP contribution < -0.4 is 10.6 Å². The Balaban J connectivity index is 1.67. The number of carbonyl (C=O) groups excluding carboxylic acids is 3. The normalized spacial score (nSPS) is 26.2. The lowest BCUT2D eigenvalue weighted by molar-refractivity contribution is -0.137. The van der Waals surface area contributed by atoms with E-state index in [1.165, 1.54) is 0 Å². The lowest BCUT2D eigenvalue weighted by Gasteiger charge is -2.36. The minimum atomic E-state index is -0.828. The highest BCUT2D eigenvalue weighted by atomic mass is 79.9. The Morgan fingerprint density at radius 2 is 2.04 bits per heavy atom. The Morgan fingerprint density at radius 3 is 2.67 bits per heavy atom. The van der Waals surface area contributed by atoms with Gasteiger partial charge in [-0.2, -0.15) is 0 Å². The number of imide groups is 1. The lowest BCUT2D eigenvalue weighted by atomic mass is 9.73. The first-order chi connectivity index (χ1) is 12.9. The summed E-state index contributed by atoms with van der Waals surface area (Å²) in [4.78, 5) is 39.0. The molecule has 27 heavy (non-hydrogen) atoms. The van der Waals surface area contributed by atoms with Gasteiger partial charge in [0.2, 0.25) is 5.91 Å². The van der Waals surface area contributed by atoms with Gasteiger partial charge in [0, 0.05) is 4.47 Å². The summed E-state index contributed by atoms with van der Waals surface area (Å²) >= 11 is 3.40. The summed E-state index contributed by atoms with van der Waals surface area (Å²) in [6.07, 6.45) is 4.26. The van der Waals surface area contributed by atoms with Crippen LogP contribution in [0.25, 0.3) is 0 Å². The fourth-order valence-electron chi connectivity index (χ4n) is 4.14. The summed E-state index contributed by atoms with van der Waals surface area (Å²) in [6, 6.07) is 7.14. The predicted molar refractivity (Wildman–Crippen MR) is 106 cm³/mol. The maximum atomic E-state index is 13.0. The van der Waals surface area contributed by atoms with Gasteiger partial charge in [0.25, 0.3) is 5.91 Å². The van der Waals surface area contributed by atoms with E-state index in [1.54, 1.807) is 0 Å². The molecule has 0 radical (unpaired) electrons. The topological polar surface area (TPSA) is 78.5 Å². The first-order valence-electron chi connectivity index (χ1n) is 9.56. The highest BCUT2D eigenvalue weighted by Gasteiger charge is 2.55. The van der Waals surface area contributed by atoms with E-state index < -0.39 is 11.6 Å². The van der Waals surface area contributed by atoms with Crippen LogP contribution in [-0.4, -0.2) is 34.8 Å². The van der Waals surface area contributed by atoms with E-state index in [-0.39, 0.29) is 30.3 Å². The van der Waals surface area contributed by atoms with Crippen LogP contribution in [0.4, 0.5) is 4.79 Å². The number of amides is 4. The Kier molecular flexibility index (Phi) is 5.89. The quantitative estimate of drug-likeness (QED) is 0.694. The Bertz CT molecular complexity index is 736. The van der Waals surface area contributed by atoms with E-state index in [4.69, 9.17) is 0 Å². The molecule has 2 N–H and O–H groups in total. The van der Waals surface area contributed by atoms with Crippen molar-refractivity contribution in [3.05, 3.63) is 34.3 Å². The molecule has 3 rings (SSSR count). The van der Waals surface area contributed by atoms with Crippen molar-refractivity contribution < 1.29 is 14.4 Å². The predicted octanol–water partition coefficient (Wildman–Crippen LogP) is 3.52. The summed E-state index contributed by atoms with van der Waals surface area (Å²) in [5.41, 5.74) is 0.162. The first kappa shape index (κ1) is 19.9. The number of hydrogen-bond donors (Lipinski definition) is 2. The summed E-state index contributed by atoms with van der Waals surface area (Å²) in [6.45, 7) is 3.74. The number of carbonyl (C=O) groups is 3. The monoisotopic (exact) mass is 435 g/mol. The van der Waals surface area contributed by atoms with Gasteiger partial charge >= 0.3 is 6.03 Å². The largest absolute Gasteiger partial charge is 0.348 e. The molecule has 1 saturated heterocycles. The van der Waals surface area contributed by atoms with Gasteiger partial charge in [-0.1, -0.05) is 54.8 Å². The van der Waals surface area contributed by atoms with Gasteiger partial charge in [0.15, 0.2) is 0 Å². The average molecular weight is 436 g/mol. The molecule has 1 aromatic carbocycles. The van der Waals surface area contributed by atoms with Crippen LogP contribution in [-0.2, 0) is 9.59 Å². The second-order valence-electron chi connectivity index (χ2n) is 7.52. The maximum absolute atomic E-state index is 13.0. The third-order valence-electron chi connectivity index (χ3n) is 5.82. The van der Waals surface area contributed by atoms with Gasteiger partial charge in [-0.25, -0.2) is 4.79 Å². The van der Waals surface area contributed by atoms with Crippen LogP contribution in [0.2, 0.25) is 0 Å². The minimum absolute atomic E-state index is 0.0851. The van der Waals surface area contributed by atoms with E-state index in [0.717, 1.165) is 34.2 Å². The number of rotatable bonds is 5. The lowest BCUT2D eigenvalue weighted by Crippen LogP contribution is -2.54. The second kappa shape index (κ2) is 8.00. The van der Waals surface area contributed by atoms with Crippen LogP contribution in [0.1, 0.15) is 57.6 Å². The Labute approximate surface area is 168 Å². The fraction of sp³-hybridized carbons (Fsp3) is 0.550. The van der Waals surface area contributed by atoms with Crippen LogP contribution in [0.5, 0.6) is 0 Å². The molecule has 1 heterocycles. The van der Waals surface area contributed by atoms with Crippen LogP contribution in [0.3, 0.4) is 0 Å². The highest BCUT2D eigenvalue weighted by molar-refractivity contribution is 9.10. The van der Waals surface area contributed by atoms with Gasteiger partial charge in [-0.05, 0) is 42.9 Å². The highest BCUT2D eigenvalue weighted by Crippen LogP contribution is 2.38. The number of halogens is 1. The third kappa shape index (κ3) is 3.88. The summed E-state index contributed by atoms with van der Waals surface area (Å²) in [5, 5.41) is 5.83. The van der Waals surface area contributed by atoms with E-state index in [9.17, 15) is 14.4 Å². The van der Waals surface area contributed by atoms with Crippen LogP contribution >= 0.6 is 15.9 Å². The molecule has 0 aromatic heterocycles. The molecule has 0 unspecified atom stereocenters. The molecular formula is C20H26BrN3O3. The molecule has 1 saturated carbocycles. The van der Waals surface area contributed by atoms with Crippen molar-refractivity contribution >= 4 is 33.8 Å². The zero-order valence-corrected chi connectivity index (χ0v) is 17.3. The molecule has 1 spiro atoms. The molecule has 4 amide bonds. The maximum Gasteiger partial charge on any atom is 0.325 e. The van der Waals surface area contributed by atoms with Gasteiger partial charge in [-0.15, -0.1) is 0 Å². The van der Waals surface area contributed by atoms with Crippen molar-refractivity contribution in [3.8, 4) is 0 Å². The molecule has 0 bridgehead atoms. The van der Waals surface area contributed by atoms with Crippen molar-refractivity contribution in [2.45, 2.75) is 57.5 Å². The van der Waals surface area contributed by atoms with Crippen LogP contribution in [0, 0.1) is 5.92 Å². The Hall–Kier alpha value is -1.89. The van der Waals surface area contributed by atoms with Gasteiger partial charge in [0.1, 0.15) is 12.1 Å². The number of hydrogen-bond acceptors (Lipinski definition) is 3. The Morgan fingerprint density at radius 1 is 1.33 bits per heavy atom. The number of nitrogens with zero attached hydrogens (tertiary/aromatic N) is 1. The molecule has 2 fully saturated rings. The fourth-order valence-corrected chi connectivity index (χ4v) is 4.40. The number of benzene rings is 1. The number of nitrogens with one attached hydrogen (secondary N) is 2. The van der Waals surface area contributed by atoms with Gasteiger partial charge in [0.05, 0.1) is 6.04 Å². The molecule has 1 aliphatic heterocycles. The smallest absolute Gasteiger partial charge is 0.325 e. The van der Waals surface area contributed by atoms with Crippen molar-refractivity contribution in [2.75, 3.05) is 6.54 Å². The molecule has 2 aliphatic rings. The molecule has 1 aromatic rings. The van der Waals surface area contributed by atoms with Crippen molar-refractivity contribution in [2.24, 2.45) is 5.92 Å². The SMILES string of the molecule is CC[C@H](NC(=O)CN1C(=O)N[C@@]2(CCCC[C@@H]2C)C1=O)c1ccc(Br)cc1. The zero-order chi connectivity index (χ0) is 19.6. The number of urea groups is 1. The van der Waals surface area contributed by atoms with E-state index >= 15 is 0 Å². The van der Waals surface area contributed by atoms with Crippen molar-refractivity contribution in [1.82, 2.24) is 15.5 Å². The third-order valence-corrected chi connectivity index (χ3v) is 6.35. The zero-order valence-electron chi connectivity index (χ0n) is 15.8. The second-order valence-corrected chi connectivity index (χ2v) is 8.44.